The van der Waals surface area contributed by atoms with Crippen LogP contribution in [0.2, 0.25) is 0 Å². The number of methoxy groups -OCH3 is 1. The van der Waals surface area contributed by atoms with Crippen molar-refractivity contribution in [3.05, 3.63) is 47.0 Å². The Kier molecular flexibility index (Phi) is 7.75. The average molecular weight is 437 g/mol. The fraction of sp³-hybridized carbons (Fsp3) is 0.333. The average Bonchev–Trinajstić information content (AvgIpc) is 3.31. The van der Waals surface area contributed by atoms with Crippen molar-refractivity contribution in [2.45, 2.75) is 17.3 Å². The molecule has 1 aromatic heterocycles. The second-order valence-corrected chi connectivity index (χ2v) is 9.07. The molecular weight excluding hydrogens is 416 g/mol. The molecule has 0 unspecified atom stereocenters. The summed E-state index contributed by atoms with van der Waals surface area (Å²) in [6.45, 7) is 1.28. The van der Waals surface area contributed by atoms with Crippen LogP contribution < -0.4 is 5.32 Å². The maximum Gasteiger partial charge on any atom is 0.333 e. The van der Waals surface area contributed by atoms with E-state index < -0.39 is 5.97 Å². The van der Waals surface area contributed by atoms with Gasteiger partial charge in [0, 0.05) is 18.8 Å². The van der Waals surface area contributed by atoms with Crippen molar-refractivity contribution >= 4 is 51.9 Å². The molecule has 1 N–H and O–H groups in total. The molecule has 1 fully saturated rings. The third kappa shape index (κ3) is 5.98. The lowest BCUT2D eigenvalue weighted by atomic mass is 10.2. The van der Waals surface area contributed by atoms with Crippen molar-refractivity contribution in [1.82, 2.24) is 15.1 Å². The van der Waals surface area contributed by atoms with Crippen molar-refractivity contribution in [2.75, 3.05) is 30.5 Å². The molecule has 1 aromatic carbocycles. The molecular formula is C18H20N4O3S3. The molecule has 10 heteroatoms. The second kappa shape index (κ2) is 10.5. The highest BCUT2D eigenvalue weighted by Crippen LogP contribution is 2.30. The summed E-state index contributed by atoms with van der Waals surface area (Å²) in [6, 6.07) is 10.1. The number of rotatable bonds is 9. The van der Waals surface area contributed by atoms with E-state index in [1.54, 1.807) is 16.7 Å². The molecule has 0 radical (unpaired) electrons. The van der Waals surface area contributed by atoms with E-state index in [4.69, 9.17) is 0 Å². The van der Waals surface area contributed by atoms with E-state index in [0.717, 1.165) is 21.6 Å². The molecule has 1 aliphatic heterocycles. The molecule has 1 amide bonds. The van der Waals surface area contributed by atoms with Crippen LogP contribution >= 0.6 is 34.9 Å². The zero-order valence-electron chi connectivity index (χ0n) is 15.3. The van der Waals surface area contributed by atoms with Crippen LogP contribution in [0.5, 0.6) is 0 Å². The zero-order chi connectivity index (χ0) is 19.8. The lowest BCUT2D eigenvalue weighted by molar-refractivity contribution is -0.134. The molecule has 0 spiro atoms. The summed E-state index contributed by atoms with van der Waals surface area (Å²) < 4.78 is 5.53. The van der Waals surface area contributed by atoms with Crippen molar-refractivity contribution in [2.24, 2.45) is 0 Å². The lowest BCUT2D eigenvalue weighted by Gasteiger charge is -2.16. The number of nitrogens with one attached hydrogen (secondary N) is 1. The first-order valence-corrected chi connectivity index (χ1v) is 11.4. The third-order valence-electron chi connectivity index (χ3n) is 3.80. The molecule has 0 saturated carbocycles. The van der Waals surface area contributed by atoms with Gasteiger partial charge in [0.05, 0.1) is 24.0 Å². The predicted octanol–water partition coefficient (Wildman–Crippen LogP) is 3.22. The minimum absolute atomic E-state index is 0.0217. The highest BCUT2D eigenvalue weighted by Gasteiger charge is 2.26. The smallest absolute Gasteiger partial charge is 0.333 e. The number of amides is 1. The van der Waals surface area contributed by atoms with E-state index in [2.05, 4.69) is 32.4 Å². The van der Waals surface area contributed by atoms with E-state index in [0.29, 0.717) is 23.9 Å². The van der Waals surface area contributed by atoms with Gasteiger partial charge in [0.1, 0.15) is 0 Å². The zero-order valence-corrected chi connectivity index (χ0v) is 17.7. The number of esters is 1. The van der Waals surface area contributed by atoms with Crippen LogP contribution in [0.3, 0.4) is 0 Å². The first-order valence-electron chi connectivity index (χ1n) is 8.62. The quantitative estimate of drug-likeness (QED) is 0.278. The van der Waals surface area contributed by atoms with Crippen molar-refractivity contribution in [3.8, 4) is 0 Å². The topological polar surface area (TPSA) is 84.4 Å². The van der Waals surface area contributed by atoms with Crippen molar-refractivity contribution < 1.29 is 14.3 Å². The van der Waals surface area contributed by atoms with E-state index in [9.17, 15) is 9.59 Å². The first-order chi connectivity index (χ1) is 13.7. The van der Waals surface area contributed by atoms with Gasteiger partial charge in [-0.3, -0.25) is 4.79 Å². The van der Waals surface area contributed by atoms with Gasteiger partial charge >= 0.3 is 5.97 Å². The summed E-state index contributed by atoms with van der Waals surface area (Å²) in [7, 11) is 1.33. The first kappa shape index (κ1) is 20.7. The second-order valence-electron chi connectivity index (χ2n) is 5.75. The molecule has 0 bridgehead atoms. The summed E-state index contributed by atoms with van der Waals surface area (Å²) in [5.74, 6) is 0.755. The molecule has 0 atom stereocenters. The number of carbonyl (C=O) groups is 2. The minimum Gasteiger partial charge on any atom is -0.466 e. The maximum atomic E-state index is 12.0. The number of hydrogen-bond acceptors (Lipinski definition) is 9. The van der Waals surface area contributed by atoms with Gasteiger partial charge in [0.25, 0.3) is 0 Å². The molecule has 2 aromatic rings. The van der Waals surface area contributed by atoms with Crippen LogP contribution in [-0.4, -0.2) is 52.1 Å². The fourth-order valence-electron chi connectivity index (χ4n) is 2.42. The highest BCUT2D eigenvalue weighted by atomic mass is 32.2. The Morgan fingerprint density at radius 2 is 2.18 bits per heavy atom. The Morgan fingerprint density at radius 3 is 2.96 bits per heavy atom. The van der Waals surface area contributed by atoms with Crippen LogP contribution in [0.1, 0.15) is 12.0 Å². The Labute approximate surface area is 175 Å². The molecule has 148 valence electrons. The number of nitrogens with zero attached hydrogens (tertiary/aromatic N) is 3. The van der Waals surface area contributed by atoms with Crippen LogP contribution in [0.25, 0.3) is 0 Å². The van der Waals surface area contributed by atoms with Crippen LogP contribution in [0.15, 0.2) is 45.8 Å². The van der Waals surface area contributed by atoms with Gasteiger partial charge in [-0.05, 0) is 12.0 Å². The summed E-state index contributed by atoms with van der Waals surface area (Å²) >= 11 is 4.50. The Hall–Kier alpha value is -2.04. The van der Waals surface area contributed by atoms with Crippen LogP contribution in [0, 0.1) is 0 Å². The predicted molar refractivity (Wildman–Crippen MR) is 113 cm³/mol. The molecule has 1 aliphatic rings. The summed E-state index contributed by atoms with van der Waals surface area (Å²) in [6.07, 6.45) is 2.17. The van der Waals surface area contributed by atoms with Gasteiger partial charge in [-0.15, -0.1) is 10.2 Å². The fourth-order valence-corrected chi connectivity index (χ4v) is 5.12. The molecule has 7 nitrogen and oxygen atoms in total. The van der Waals surface area contributed by atoms with Crippen LogP contribution in [0.4, 0.5) is 5.13 Å². The number of aromatic nitrogens is 2. The standard InChI is InChI=1S/C18H20N4O3S3/c1-25-16(24)10-15-22(14(23)12-27-15)8-5-9-26-18-21-20-17(28-18)19-11-13-6-3-2-4-7-13/h2-4,6-7,10H,5,8-9,11-12H2,1H3,(H,19,20)/b15-10+. The van der Waals surface area contributed by atoms with Gasteiger partial charge in [-0.25, -0.2) is 4.79 Å². The van der Waals surface area contributed by atoms with E-state index in [1.165, 1.54) is 41.8 Å². The number of thioether (sulfide) groups is 2. The van der Waals surface area contributed by atoms with Crippen LogP contribution in [-0.2, 0) is 20.9 Å². The van der Waals surface area contributed by atoms with Crippen molar-refractivity contribution in [3.63, 3.8) is 0 Å². The Balaban J connectivity index is 1.41. The summed E-state index contributed by atoms with van der Waals surface area (Å²) in [5.41, 5.74) is 1.19. The van der Waals surface area contributed by atoms with E-state index in [1.807, 2.05) is 18.2 Å². The van der Waals surface area contributed by atoms with Gasteiger partial charge in [-0.2, -0.15) is 0 Å². The molecule has 28 heavy (non-hydrogen) atoms. The summed E-state index contributed by atoms with van der Waals surface area (Å²) in [5, 5.41) is 13.1. The molecule has 3 rings (SSSR count). The highest BCUT2D eigenvalue weighted by molar-refractivity contribution is 8.04. The number of anilines is 1. The number of benzene rings is 1. The lowest BCUT2D eigenvalue weighted by Crippen LogP contribution is -2.26. The van der Waals surface area contributed by atoms with Crippen molar-refractivity contribution in [1.29, 1.82) is 0 Å². The van der Waals surface area contributed by atoms with Gasteiger partial charge < -0.3 is 15.0 Å². The van der Waals surface area contributed by atoms with Gasteiger partial charge in [-0.1, -0.05) is 65.2 Å². The van der Waals surface area contributed by atoms with E-state index in [-0.39, 0.29) is 5.91 Å². The number of hydrogen-bond donors (Lipinski definition) is 1. The molecule has 0 aliphatic carbocycles. The molecule has 1 saturated heterocycles. The van der Waals surface area contributed by atoms with Gasteiger partial charge in [0.15, 0.2) is 4.34 Å². The summed E-state index contributed by atoms with van der Waals surface area (Å²) in [4.78, 5) is 25.0. The van der Waals surface area contributed by atoms with Gasteiger partial charge in [0.2, 0.25) is 11.0 Å². The Morgan fingerprint density at radius 1 is 1.36 bits per heavy atom. The largest absolute Gasteiger partial charge is 0.466 e. The molecule has 2 heterocycles. The normalized spacial score (nSPS) is 15.2. The number of carbonyl (C=O) groups excluding carboxylic acids is 2. The minimum atomic E-state index is -0.444. The Bertz CT molecular complexity index is 842. The van der Waals surface area contributed by atoms with E-state index >= 15 is 0 Å². The number of ether oxygens (including phenoxy) is 1. The monoisotopic (exact) mass is 436 g/mol. The third-order valence-corrected chi connectivity index (χ3v) is 6.92. The maximum absolute atomic E-state index is 12.0. The SMILES string of the molecule is COC(=O)/C=C1/SCC(=O)N1CCCSc1nnc(NCc2ccccc2)s1.